The topological polar surface area (TPSA) is 109 Å². The van der Waals surface area contributed by atoms with E-state index in [0.29, 0.717) is 36.2 Å². The van der Waals surface area contributed by atoms with Crippen LogP contribution in [0.4, 0.5) is 13.6 Å². The predicted molar refractivity (Wildman–Crippen MR) is 153 cm³/mol. The molecule has 0 bridgehead atoms. The Morgan fingerprint density at radius 2 is 1.50 bits per heavy atom. The molecule has 1 aromatic heterocycles. The summed E-state index contributed by atoms with van der Waals surface area (Å²) in [7, 11) is 0. The fraction of sp³-hybridized carbons (Fsp3) is 0.290. The summed E-state index contributed by atoms with van der Waals surface area (Å²) >= 11 is 0. The summed E-state index contributed by atoms with van der Waals surface area (Å²) in [6, 6.07) is 17.5. The highest BCUT2D eigenvalue weighted by Crippen LogP contribution is 2.35. The van der Waals surface area contributed by atoms with Crippen LogP contribution >= 0.6 is 0 Å². The molecule has 9 heteroatoms. The first-order valence-electron chi connectivity index (χ1n) is 13.2. The summed E-state index contributed by atoms with van der Waals surface area (Å²) < 4.78 is 32.4. The largest absolute Gasteiger partial charge is 0.444 e. The number of hydrogen-bond acceptors (Lipinski definition) is 4. The Balaban J connectivity index is 1.49. The predicted octanol–water partition coefficient (Wildman–Crippen LogP) is 6.14. The molecule has 0 aliphatic heterocycles. The number of ether oxygens (including phenoxy) is 1. The van der Waals surface area contributed by atoms with Gasteiger partial charge in [-0.2, -0.15) is 0 Å². The highest BCUT2D eigenvalue weighted by atomic mass is 19.1. The number of alkyl carbamates (subject to hydrolysis) is 1. The lowest BCUT2D eigenvalue weighted by Gasteiger charge is -2.20. The molecule has 0 spiro atoms. The summed E-state index contributed by atoms with van der Waals surface area (Å²) in [6.45, 7) is 6.02. The number of H-pyrrole nitrogens is 1. The number of amides is 2. The number of rotatable bonds is 9. The lowest BCUT2D eigenvalue weighted by Crippen LogP contribution is -2.38. The van der Waals surface area contributed by atoms with Crippen LogP contribution in [-0.4, -0.2) is 41.7 Å². The minimum Gasteiger partial charge on any atom is -0.444 e. The number of fused-ring (bicyclic) bond motifs is 1. The molecule has 0 aliphatic carbocycles. The molecular weight excluding hydrogens is 514 g/mol. The second kappa shape index (κ2) is 12.3. The van der Waals surface area contributed by atoms with E-state index >= 15 is 0 Å². The molecule has 5 N–H and O–H groups in total. The normalized spacial score (nSPS) is 12.2. The number of carbonyl (C=O) groups is 2. The van der Waals surface area contributed by atoms with Crippen molar-refractivity contribution in [2.45, 2.75) is 45.3 Å². The summed E-state index contributed by atoms with van der Waals surface area (Å²) in [5, 5.41) is 6.36. The molecule has 1 atom stereocenters. The van der Waals surface area contributed by atoms with Crippen LogP contribution in [0.5, 0.6) is 0 Å². The molecule has 0 saturated carbocycles. The number of hydrogen-bond donors (Lipinski definition) is 4. The molecule has 0 unspecified atom stereocenters. The van der Waals surface area contributed by atoms with Gasteiger partial charge in [0, 0.05) is 35.6 Å². The Labute approximate surface area is 232 Å². The van der Waals surface area contributed by atoms with Gasteiger partial charge in [0.15, 0.2) is 0 Å². The van der Waals surface area contributed by atoms with Crippen LogP contribution in [0.3, 0.4) is 0 Å². The smallest absolute Gasteiger partial charge is 0.407 e. The SMILES string of the molecule is CC(C)(C)OC(=O)NCCC[C@H](N)CNC(=O)c1[nH]c2ccc(-c3ccc(F)cc3)cc2c1-c1ccc(F)cc1. The van der Waals surface area contributed by atoms with E-state index < -0.39 is 11.7 Å². The van der Waals surface area contributed by atoms with E-state index in [-0.39, 0.29) is 30.1 Å². The summed E-state index contributed by atoms with van der Waals surface area (Å²) in [5.41, 5.74) is 9.69. The van der Waals surface area contributed by atoms with Gasteiger partial charge in [0.05, 0.1) is 0 Å². The van der Waals surface area contributed by atoms with E-state index in [1.54, 1.807) is 45.0 Å². The van der Waals surface area contributed by atoms with Gasteiger partial charge in [-0.3, -0.25) is 4.79 Å². The zero-order chi connectivity index (χ0) is 28.9. The van der Waals surface area contributed by atoms with E-state index in [9.17, 15) is 18.4 Å². The van der Waals surface area contributed by atoms with Crippen molar-refractivity contribution in [1.82, 2.24) is 15.6 Å². The molecule has 0 radical (unpaired) electrons. The maximum atomic E-state index is 13.7. The maximum absolute atomic E-state index is 13.7. The van der Waals surface area contributed by atoms with Crippen LogP contribution in [0.25, 0.3) is 33.2 Å². The number of aromatic amines is 1. The third kappa shape index (κ3) is 7.45. The van der Waals surface area contributed by atoms with Gasteiger partial charge in [-0.15, -0.1) is 0 Å². The van der Waals surface area contributed by atoms with E-state index in [4.69, 9.17) is 10.5 Å². The Morgan fingerprint density at radius 1 is 0.900 bits per heavy atom. The molecule has 2 amide bonds. The van der Waals surface area contributed by atoms with Crippen LogP contribution in [0.1, 0.15) is 44.1 Å². The third-order valence-corrected chi connectivity index (χ3v) is 6.28. The van der Waals surface area contributed by atoms with Crippen LogP contribution in [0.15, 0.2) is 66.7 Å². The average molecular weight is 549 g/mol. The van der Waals surface area contributed by atoms with Crippen LogP contribution in [0.2, 0.25) is 0 Å². The summed E-state index contributed by atoms with van der Waals surface area (Å²) in [4.78, 5) is 28.3. The molecule has 0 saturated heterocycles. The number of carbonyl (C=O) groups excluding carboxylic acids is 2. The molecule has 0 fully saturated rings. The number of aromatic nitrogens is 1. The van der Waals surface area contributed by atoms with Crippen molar-refractivity contribution in [2.24, 2.45) is 5.73 Å². The molecule has 210 valence electrons. The molecule has 0 aliphatic rings. The van der Waals surface area contributed by atoms with E-state index in [2.05, 4.69) is 15.6 Å². The number of benzene rings is 3. The Kier molecular flexibility index (Phi) is 8.84. The Hall–Kier alpha value is -4.24. The van der Waals surface area contributed by atoms with Crippen molar-refractivity contribution >= 4 is 22.9 Å². The first-order chi connectivity index (χ1) is 19.0. The van der Waals surface area contributed by atoms with Crippen LogP contribution < -0.4 is 16.4 Å². The van der Waals surface area contributed by atoms with E-state index in [0.717, 1.165) is 22.0 Å². The molecule has 7 nitrogen and oxygen atoms in total. The zero-order valence-corrected chi connectivity index (χ0v) is 22.8. The highest BCUT2D eigenvalue weighted by Gasteiger charge is 2.21. The second-order valence-corrected chi connectivity index (χ2v) is 10.7. The van der Waals surface area contributed by atoms with Gasteiger partial charge in [-0.05, 0) is 86.7 Å². The first-order valence-corrected chi connectivity index (χ1v) is 13.2. The zero-order valence-electron chi connectivity index (χ0n) is 22.8. The lowest BCUT2D eigenvalue weighted by molar-refractivity contribution is 0.0526. The third-order valence-electron chi connectivity index (χ3n) is 6.28. The summed E-state index contributed by atoms with van der Waals surface area (Å²) in [5.74, 6) is -1.05. The van der Waals surface area contributed by atoms with Crippen molar-refractivity contribution in [1.29, 1.82) is 0 Å². The fourth-order valence-electron chi connectivity index (χ4n) is 4.38. The van der Waals surface area contributed by atoms with Crippen molar-refractivity contribution < 1.29 is 23.1 Å². The number of nitrogens with one attached hydrogen (secondary N) is 3. The summed E-state index contributed by atoms with van der Waals surface area (Å²) in [6.07, 6.45) is 0.716. The minimum absolute atomic E-state index is 0.227. The number of nitrogens with two attached hydrogens (primary N) is 1. The fourth-order valence-corrected chi connectivity index (χ4v) is 4.38. The average Bonchev–Trinajstić information content (AvgIpc) is 3.28. The highest BCUT2D eigenvalue weighted by molar-refractivity contribution is 6.10. The first kappa shape index (κ1) is 28.8. The van der Waals surface area contributed by atoms with Gasteiger partial charge >= 0.3 is 6.09 Å². The van der Waals surface area contributed by atoms with E-state index in [1.807, 2.05) is 18.2 Å². The molecule has 4 aromatic rings. The van der Waals surface area contributed by atoms with Gasteiger partial charge in [-0.25, -0.2) is 13.6 Å². The minimum atomic E-state index is -0.567. The molecule has 4 rings (SSSR count). The van der Waals surface area contributed by atoms with Crippen molar-refractivity contribution in [3.05, 3.63) is 84.1 Å². The Bertz CT molecular complexity index is 1480. The van der Waals surface area contributed by atoms with Crippen LogP contribution in [0, 0.1) is 11.6 Å². The Morgan fingerprint density at radius 3 is 2.12 bits per heavy atom. The standard InChI is InChI=1S/C31H34F2N4O3/c1-31(2,3)40-30(39)35-16-4-5-24(34)18-36-29(38)28-27(20-8-13-23(33)14-9-20)25-17-21(10-15-26(25)37-28)19-6-11-22(32)12-7-19/h6-15,17,24,37H,4-5,16,18,34H2,1-3H3,(H,35,39)(H,36,38)/t24-/m0/s1. The van der Waals surface area contributed by atoms with Gasteiger partial charge < -0.3 is 26.1 Å². The number of halogens is 2. The molecule has 1 heterocycles. The quantitative estimate of drug-likeness (QED) is 0.188. The van der Waals surface area contributed by atoms with Crippen LogP contribution in [-0.2, 0) is 4.74 Å². The molecule has 3 aromatic carbocycles. The van der Waals surface area contributed by atoms with Crippen molar-refractivity contribution in [3.8, 4) is 22.3 Å². The van der Waals surface area contributed by atoms with Gasteiger partial charge in [0.25, 0.3) is 5.91 Å². The monoisotopic (exact) mass is 548 g/mol. The lowest BCUT2D eigenvalue weighted by atomic mass is 9.98. The molecule has 40 heavy (non-hydrogen) atoms. The molecular formula is C31H34F2N4O3. The van der Waals surface area contributed by atoms with Crippen molar-refractivity contribution in [2.75, 3.05) is 13.1 Å². The maximum Gasteiger partial charge on any atom is 0.407 e. The van der Waals surface area contributed by atoms with Gasteiger partial charge in [0.1, 0.15) is 22.9 Å². The van der Waals surface area contributed by atoms with E-state index in [1.165, 1.54) is 24.3 Å². The van der Waals surface area contributed by atoms with Gasteiger partial charge in [0.2, 0.25) is 0 Å². The van der Waals surface area contributed by atoms with Gasteiger partial charge in [-0.1, -0.05) is 30.3 Å². The second-order valence-electron chi connectivity index (χ2n) is 10.7. The van der Waals surface area contributed by atoms with Crippen molar-refractivity contribution in [3.63, 3.8) is 0 Å².